The van der Waals surface area contributed by atoms with Crippen LogP contribution in [0.25, 0.3) is 0 Å². The molecule has 0 heterocycles. The van der Waals surface area contributed by atoms with Gasteiger partial charge in [0.2, 0.25) is 0 Å². The molecule has 0 bridgehead atoms. The van der Waals surface area contributed by atoms with Crippen LogP contribution in [0.4, 0.5) is 0 Å². The van der Waals surface area contributed by atoms with Gasteiger partial charge >= 0.3 is 0 Å². The van der Waals surface area contributed by atoms with E-state index in [1.807, 2.05) is 44.2 Å². The monoisotopic (exact) mass is 353 g/mol. The average Bonchev–Trinajstić information content (AvgIpc) is 2.39. The summed E-state index contributed by atoms with van der Waals surface area (Å²) in [7, 11) is 1.65. The van der Waals surface area contributed by atoms with Crippen LogP contribution < -0.4 is 10.5 Å². The Morgan fingerprint density at radius 1 is 1.15 bits per heavy atom. The first kappa shape index (κ1) is 15.4. The van der Waals surface area contributed by atoms with E-state index in [1.54, 1.807) is 7.11 Å². The molecule has 1 atom stereocenters. The number of ether oxygens (including phenoxy) is 1. The summed E-state index contributed by atoms with van der Waals surface area (Å²) in [4.78, 5) is 0. The Bertz CT molecular complexity index is 622. The molecule has 1 unspecified atom stereocenters. The zero-order valence-electron chi connectivity index (χ0n) is 11.7. The van der Waals surface area contributed by atoms with E-state index >= 15 is 0 Å². The van der Waals surface area contributed by atoms with Crippen molar-refractivity contribution in [2.75, 3.05) is 7.11 Å². The van der Waals surface area contributed by atoms with Gasteiger partial charge in [0, 0.05) is 15.1 Å². The predicted octanol–water partition coefficient (Wildman–Crippen LogP) is 4.78. The van der Waals surface area contributed by atoms with Crippen molar-refractivity contribution in [2.24, 2.45) is 5.73 Å². The minimum Gasteiger partial charge on any atom is -0.496 e. The summed E-state index contributed by atoms with van der Waals surface area (Å²) in [5, 5.41) is 0.695. The molecular formula is C16H17BrClNO. The highest BCUT2D eigenvalue weighted by molar-refractivity contribution is 9.10. The molecule has 0 aromatic heterocycles. The Kier molecular flexibility index (Phi) is 4.74. The van der Waals surface area contributed by atoms with Crippen molar-refractivity contribution in [1.82, 2.24) is 0 Å². The SMILES string of the molecule is COc1cc(C)c(Br)cc1C(N)c1cc(C)cc(Cl)c1. The number of methoxy groups -OCH3 is 1. The summed E-state index contributed by atoms with van der Waals surface area (Å²) in [5.74, 6) is 0.788. The highest BCUT2D eigenvalue weighted by atomic mass is 79.9. The molecule has 0 spiro atoms. The average molecular weight is 355 g/mol. The van der Waals surface area contributed by atoms with Crippen molar-refractivity contribution in [1.29, 1.82) is 0 Å². The van der Waals surface area contributed by atoms with Gasteiger partial charge in [-0.05, 0) is 54.8 Å². The second kappa shape index (κ2) is 6.17. The first-order valence-corrected chi connectivity index (χ1v) is 7.46. The van der Waals surface area contributed by atoms with Gasteiger partial charge in [-0.15, -0.1) is 0 Å². The lowest BCUT2D eigenvalue weighted by atomic mass is 9.96. The molecule has 0 aliphatic carbocycles. The fraction of sp³-hybridized carbons (Fsp3) is 0.250. The molecule has 2 nitrogen and oxygen atoms in total. The molecule has 0 fully saturated rings. The molecule has 0 aliphatic rings. The van der Waals surface area contributed by atoms with Crippen molar-refractivity contribution < 1.29 is 4.74 Å². The number of hydrogen-bond donors (Lipinski definition) is 1. The molecule has 0 radical (unpaired) electrons. The van der Waals surface area contributed by atoms with Crippen LogP contribution in [0, 0.1) is 13.8 Å². The number of nitrogens with two attached hydrogens (primary N) is 1. The molecule has 106 valence electrons. The first-order valence-electron chi connectivity index (χ1n) is 6.29. The van der Waals surface area contributed by atoms with E-state index in [2.05, 4.69) is 15.9 Å². The van der Waals surface area contributed by atoms with Gasteiger partial charge in [-0.3, -0.25) is 0 Å². The Morgan fingerprint density at radius 3 is 2.45 bits per heavy atom. The highest BCUT2D eigenvalue weighted by Gasteiger charge is 2.16. The fourth-order valence-electron chi connectivity index (χ4n) is 2.21. The Labute approximate surface area is 133 Å². The van der Waals surface area contributed by atoms with Crippen LogP contribution in [0.15, 0.2) is 34.8 Å². The summed E-state index contributed by atoms with van der Waals surface area (Å²) < 4.78 is 6.47. The van der Waals surface area contributed by atoms with Gasteiger partial charge in [-0.1, -0.05) is 33.6 Å². The lowest BCUT2D eigenvalue weighted by Gasteiger charge is -2.18. The van der Waals surface area contributed by atoms with Crippen molar-refractivity contribution in [3.63, 3.8) is 0 Å². The molecule has 2 aromatic rings. The Balaban J connectivity index is 2.52. The molecule has 20 heavy (non-hydrogen) atoms. The molecule has 0 amide bonds. The third-order valence-corrected chi connectivity index (χ3v) is 4.34. The van der Waals surface area contributed by atoms with Crippen LogP contribution in [0.1, 0.15) is 28.3 Å². The number of rotatable bonds is 3. The maximum atomic E-state index is 6.39. The summed E-state index contributed by atoms with van der Waals surface area (Å²) in [6, 6.07) is 9.57. The van der Waals surface area contributed by atoms with Crippen molar-refractivity contribution >= 4 is 27.5 Å². The van der Waals surface area contributed by atoms with Crippen molar-refractivity contribution in [3.05, 3.63) is 62.1 Å². The standard InChI is InChI=1S/C16H17BrClNO/c1-9-4-11(7-12(18)5-9)16(19)13-8-14(17)10(2)6-15(13)20-3/h4-8,16H,19H2,1-3H3. The second-order valence-electron chi connectivity index (χ2n) is 4.88. The highest BCUT2D eigenvalue weighted by Crippen LogP contribution is 2.34. The van der Waals surface area contributed by atoms with Crippen LogP contribution in [0.5, 0.6) is 5.75 Å². The quantitative estimate of drug-likeness (QED) is 0.861. The maximum absolute atomic E-state index is 6.39. The second-order valence-corrected chi connectivity index (χ2v) is 6.17. The van der Waals surface area contributed by atoms with E-state index in [4.69, 9.17) is 22.1 Å². The third kappa shape index (κ3) is 3.17. The number of halogens is 2. The fourth-order valence-corrected chi connectivity index (χ4v) is 2.87. The lowest BCUT2D eigenvalue weighted by molar-refractivity contribution is 0.407. The zero-order chi connectivity index (χ0) is 14.9. The van der Waals surface area contributed by atoms with Gasteiger partial charge < -0.3 is 10.5 Å². The van der Waals surface area contributed by atoms with Crippen LogP contribution in [-0.2, 0) is 0 Å². The number of aryl methyl sites for hydroxylation is 2. The largest absolute Gasteiger partial charge is 0.496 e. The summed E-state index contributed by atoms with van der Waals surface area (Å²) in [6.07, 6.45) is 0. The molecule has 2 aromatic carbocycles. The van der Waals surface area contributed by atoms with E-state index < -0.39 is 0 Å². The number of benzene rings is 2. The molecule has 4 heteroatoms. The van der Waals surface area contributed by atoms with Gasteiger partial charge in [-0.2, -0.15) is 0 Å². The van der Waals surface area contributed by atoms with Gasteiger partial charge in [0.15, 0.2) is 0 Å². The van der Waals surface area contributed by atoms with Gasteiger partial charge in [0.05, 0.1) is 13.2 Å². The predicted molar refractivity (Wildman–Crippen MR) is 87.7 cm³/mol. The Morgan fingerprint density at radius 2 is 1.85 bits per heavy atom. The van der Waals surface area contributed by atoms with Gasteiger partial charge in [0.1, 0.15) is 5.75 Å². The maximum Gasteiger partial charge on any atom is 0.124 e. The van der Waals surface area contributed by atoms with E-state index in [0.717, 1.165) is 32.5 Å². The van der Waals surface area contributed by atoms with E-state index in [0.29, 0.717) is 5.02 Å². The van der Waals surface area contributed by atoms with Crippen molar-refractivity contribution in [3.8, 4) is 5.75 Å². The smallest absolute Gasteiger partial charge is 0.124 e. The molecular weight excluding hydrogens is 338 g/mol. The normalized spacial score (nSPS) is 12.3. The van der Waals surface area contributed by atoms with Gasteiger partial charge in [-0.25, -0.2) is 0 Å². The minimum absolute atomic E-state index is 0.278. The molecule has 2 N–H and O–H groups in total. The van der Waals surface area contributed by atoms with Crippen LogP contribution in [0.2, 0.25) is 5.02 Å². The molecule has 0 saturated heterocycles. The van der Waals surface area contributed by atoms with Crippen molar-refractivity contribution in [2.45, 2.75) is 19.9 Å². The lowest BCUT2D eigenvalue weighted by Crippen LogP contribution is -2.13. The Hall–Kier alpha value is -1.03. The van der Waals surface area contributed by atoms with E-state index in [1.165, 1.54) is 0 Å². The van der Waals surface area contributed by atoms with Crippen LogP contribution >= 0.6 is 27.5 Å². The zero-order valence-corrected chi connectivity index (χ0v) is 14.0. The summed E-state index contributed by atoms with van der Waals surface area (Å²) in [6.45, 7) is 4.02. The van der Waals surface area contributed by atoms with E-state index in [9.17, 15) is 0 Å². The van der Waals surface area contributed by atoms with Crippen LogP contribution in [-0.4, -0.2) is 7.11 Å². The van der Waals surface area contributed by atoms with E-state index in [-0.39, 0.29) is 6.04 Å². The minimum atomic E-state index is -0.278. The van der Waals surface area contributed by atoms with Gasteiger partial charge in [0.25, 0.3) is 0 Å². The molecule has 0 aliphatic heterocycles. The summed E-state index contributed by atoms with van der Waals surface area (Å²) in [5.41, 5.74) is 10.5. The summed E-state index contributed by atoms with van der Waals surface area (Å²) >= 11 is 9.66. The van der Waals surface area contributed by atoms with Crippen LogP contribution in [0.3, 0.4) is 0 Å². The topological polar surface area (TPSA) is 35.2 Å². The molecule has 0 saturated carbocycles. The first-order chi connectivity index (χ1) is 9.42. The molecule has 2 rings (SSSR count). The third-order valence-electron chi connectivity index (χ3n) is 3.27. The number of hydrogen-bond acceptors (Lipinski definition) is 2.